The molecule has 0 saturated carbocycles. The normalized spacial score (nSPS) is 12.8. The Hall–Kier alpha value is -4.48. The largest absolute Gasteiger partial charge is 0.408 e. The summed E-state index contributed by atoms with van der Waals surface area (Å²) < 4.78 is 41.1. The molecule has 5 rings (SSSR count). The van der Waals surface area contributed by atoms with E-state index < -0.39 is 30.4 Å². The molecular formula is C24H20F3N7O2. The third-order valence-corrected chi connectivity index (χ3v) is 5.98. The fraction of sp³-hybridized carbons (Fsp3) is 0.208. The van der Waals surface area contributed by atoms with Gasteiger partial charge in [-0.15, -0.1) is 0 Å². The summed E-state index contributed by atoms with van der Waals surface area (Å²) >= 11 is 0. The molecule has 1 unspecified atom stereocenters. The zero-order chi connectivity index (χ0) is 25.6. The monoisotopic (exact) mass is 495 g/mol. The van der Waals surface area contributed by atoms with Crippen molar-refractivity contribution in [3.8, 4) is 16.9 Å². The Morgan fingerprint density at radius 2 is 1.94 bits per heavy atom. The van der Waals surface area contributed by atoms with E-state index in [2.05, 4.69) is 20.2 Å². The number of pyridine rings is 2. The molecule has 0 fully saturated rings. The molecule has 12 heteroatoms. The van der Waals surface area contributed by atoms with Gasteiger partial charge >= 0.3 is 11.9 Å². The minimum Gasteiger partial charge on any atom is -0.343 e. The molecular weight excluding hydrogens is 475 g/mol. The predicted octanol–water partition coefficient (Wildman–Crippen LogP) is 3.50. The molecule has 0 saturated heterocycles. The average molecular weight is 495 g/mol. The van der Waals surface area contributed by atoms with E-state index in [1.807, 2.05) is 5.32 Å². The standard InChI is InChI=1S/C24H20F3N7O2/c1-13-4-3-5-19-22(13)34(23(36)33(19)12-21(35)31-14(2)24(25,26)27)20-7-6-15(8-29-20)16-9-28-11-18-17(16)10-30-32-18/h3-11,14H,12H2,1-2H3,(H,30,32)(H,31,35). The summed E-state index contributed by atoms with van der Waals surface area (Å²) in [7, 11) is 0. The molecule has 0 aliphatic rings. The molecule has 4 heterocycles. The Bertz CT molecular complexity index is 1650. The Balaban J connectivity index is 1.55. The van der Waals surface area contributed by atoms with E-state index in [0.717, 1.165) is 39.1 Å². The number of hydrogen-bond acceptors (Lipinski definition) is 5. The molecule has 0 spiro atoms. The number of rotatable bonds is 5. The van der Waals surface area contributed by atoms with Gasteiger partial charge in [0.2, 0.25) is 5.91 Å². The van der Waals surface area contributed by atoms with Crippen molar-refractivity contribution in [1.82, 2.24) is 34.6 Å². The van der Waals surface area contributed by atoms with Crippen LogP contribution >= 0.6 is 0 Å². The summed E-state index contributed by atoms with van der Waals surface area (Å²) in [5, 5.41) is 9.66. The lowest BCUT2D eigenvalue weighted by Gasteiger charge is -2.17. The summed E-state index contributed by atoms with van der Waals surface area (Å²) in [5.74, 6) is -0.621. The number of carbonyl (C=O) groups excluding carboxylic acids is 1. The van der Waals surface area contributed by atoms with Gasteiger partial charge in [0.15, 0.2) is 0 Å². The van der Waals surface area contributed by atoms with Crippen LogP contribution in [-0.4, -0.2) is 47.4 Å². The van der Waals surface area contributed by atoms with E-state index in [1.54, 1.807) is 62.0 Å². The first kappa shape index (κ1) is 23.3. The highest BCUT2D eigenvalue weighted by atomic mass is 19.4. The van der Waals surface area contributed by atoms with Crippen LogP contribution in [0.25, 0.3) is 38.9 Å². The SMILES string of the molecule is Cc1cccc2c1n(-c1ccc(-c3cncc4[nH]ncc34)cn1)c(=O)n2CC(=O)NC(C)C(F)(F)F. The van der Waals surface area contributed by atoms with Crippen LogP contribution in [-0.2, 0) is 11.3 Å². The highest BCUT2D eigenvalue weighted by Gasteiger charge is 2.37. The molecule has 0 radical (unpaired) electrons. The van der Waals surface area contributed by atoms with Crippen molar-refractivity contribution >= 4 is 27.8 Å². The first-order valence-electron chi connectivity index (χ1n) is 11.0. The van der Waals surface area contributed by atoms with Gasteiger partial charge in [-0.3, -0.25) is 19.4 Å². The fourth-order valence-corrected chi connectivity index (χ4v) is 4.12. The number of aryl methyl sites for hydroxylation is 1. The number of aromatic nitrogens is 6. The van der Waals surface area contributed by atoms with Gasteiger partial charge in [0.25, 0.3) is 0 Å². The Morgan fingerprint density at radius 3 is 2.67 bits per heavy atom. The molecule has 1 aromatic carbocycles. The van der Waals surface area contributed by atoms with Gasteiger partial charge in [-0.2, -0.15) is 18.3 Å². The van der Waals surface area contributed by atoms with Crippen LogP contribution < -0.4 is 11.0 Å². The molecule has 0 bridgehead atoms. The number of imidazole rings is 1. The minimum absolute atomic E-state index is 0.304. The molecule has 5 aromatic rings. The molecule has 0 aliphatic heterocycles. The number of hydrogen-bond donors (Lipinski definition) is 2. The molecule has 9 nitrogen and oxygen atoms in total. The number of H-pyrrole nitrogens is 1. The van der Waals surface area contributed by atoms with Gasteiger partial charge in [0.1, 0.15) is 18.4 Å². The first-order chi connectivity index (χ1) is 17.1. The topological polar surface area (TPSA) is 110 Å². The number of para-hydroxylation sites is 1. The molecule has 2 N–H and O–H groups in total. The maximum atomic E-state index is 13.4. The van der Waals surface area contributed by atoms with Crippen molar-refractivity contribution in [2.24, 2.45) is 0 Å². The molecule has 36 heavy (non-hydrogen) atoms. The van der Waals surface area contributed by atoms with Gasteiger partial charge in [-0.05, 0) is 37.6 Å². The lowest BCUT2D eigenvalue weighted by Crippen LogP contribution is -2.45. The van der Waals surface area contributed by atoms with Crippen LogP contribution in [0.1, 0.15) is 12.5 Å². The number of fused-ring (bicyclic) bond motifs is 2. The van der Waals surface area contributed by atoms with Crippen molar-refractivity contribution < 1.29 is 18.0 Å². The maximum absolute atomic E-state index is 13.4. The van der Waals surface area contributed by atoms with E-state index >= 15 is 0 Å². The second-order valence-corrected chi connectivity index (χ2v) is 8.40. The third kappa shape index (κ3) is 4.00. The summed E-state index contributed by atoms with van der Waals surface area (Å²) in [6.45, 7) is 2.08. The van der Waals surface area contributed by atoms with Crippen LogP contribution in [0.4, 0.5) is 13.2 Å². The smallest absolute Gasteiger partial charge is 0.343 e. The molecule has 1 atom stereocenters. The molecule has 184 valence electrons. The number of benzene rings is 1. The molecule has 0 aliphatic carbocycles. The Labute approximate surface area is 201 Å². The van der Waals surface area contributed by atoms with E-state index in [-0.39, 0.29) is 0 Å². The van der Waals surface area contributed by atoms with Crippen molar-refractivity contribution in [1.29, 1.82) is 0 Å². The van der Waals surface area contributed by atoms with Crippen LogP contribution in [0, 0.1) is 6.92 Å². The summed E-state index contributed by atoms with van der Waals surface area (Å²) in [5.41, 5.74) is 3.41. The van der Waals surface area contributed by atoms with Gasteiger partial charge in [-0.1, -0.05) is 12.1 Å². The Morgan fingerprint density at radius 1 is 1.14 bits per heavy atom. The number of amides is 1. The van der Waals surface area contributed by atoms with E-state index in [4.69, 9.17) is 0 Å². The van der Waals surface area contributed by atoms with E-state index in [9.17, 15) is 22.8 Å². The number of aromatic amines is 1. The summed E-state index contributed by atoms with van der Waals surface area (Å²) in [4.78, 5) is 34.5. The Kier molecular flexibility index (Phi) is 5.58. The maximum Gasteiger partial charge on any atom is 0.408 e. The van der Waals surface area contributed by atoms with Gasteiger partial charge in [0, 0.05) is 28.9 Å². The molecule has 4 aromatic heterocycles. The minimum atomic E-state index is -4.59. The van der Waals surface area contributed by atoms with Crippen LogP contribution in [0.15, 0.2) is 59.9 Å². The van der Waals surface area contributed by atoms with Gasteiger partial charge < -0.3 is 5.32 Å². The first-order valence-corrected chi connectivity index (χ1v) is 11.0. The quantitative estimate of drug-likeness (QED) is 0.388. The van der Waals surface area contributed by atoms with Crippen molar-refractivity contribution in [2.45, 2.75) is 32.6 Å². The number of nitrogens with zero attached hydrogens (tertiary/aromatic N) is 5. The molecule has 1 amide bonds. The number of alkyl halides is 3. The van der Waals surface area contributed by atoms with Gasteiger partial charge in [0.05, 0.1) is 28.9 Å². The summed E-state index contributed by atoms with van der Waals surface area (Å²) in [6.07, 6.45) is 2.05. The lowest BCUT2D eigenvalue weighted by atomic mass is 10.1. The van der Waals surface area contributed by atoms with Crippen molar-refractivity contribution in [3.05, 3.63) is 71.2 Å². The summed E-state index contributed by atoms with van der Waals surface area (Å²) in [6, 6.07) is 6.56. The highest BCUT2D eigenvalue weighted by Crippen LogP contribution is 2.27. The van der Waals surface area contributed by atoms with Crippen molar-refractivity contribution in [2.75, 3.05) is 0 Å². The predicted molar refractivity (Wildman–Crippen MR) is 127 cm³/mol. The number of halogens is 3. The highest BCUT2D eigenvalue weighted by molar-refractivity contribution is 5.93. The zero-order valence-electron chi connectivity index (χ0n) is 19.2. The van der Waals surface area contributed by atoms with Gasteiger partial charge in [-0.25, -0.2) is 14.3 Å². The number of nitrogens with one attached hydrogen (secondary N) is 2. The average Bonchev–Trinajstić information content (AvgIpc) is 3.42. The number of carbonyl (C=O) groups is 1. The fourth-order valence-electron chi connectivity index (χ4n) is 4.12. The van der Waals surface area contributed by atoms with E-state index in [0.29, 0.717) is 16.9 Å². The van der Waals surface area contributed by atoms with E-state index in [1.165, 1.54) is 4.57 Å². The zero-order valence-corrected chi connectivity index (χ0v) is 19.2. The lowest BCUT2D eigenvalue weighted by molar-refractivity contribution is -0.158. The van der Waals surface area contributed by atoms with Crippen LogP contribution in [0.5, 0.6) is 0 Å². The second kappa shape index (κ2) is 8.63. The van der Waals surface area contributed by atoms with Crippen LogP contribution in [0.2, 0.25) is 0 Å². The van der Waals surface area contributed by atoms with Crippen LogP contribution in [0.3, 0.4) is 0 Å². The second-order valence-electron chi connectivity index (χ2n) is 8.40. The third-order valence-electron chi connectivity index (χ3n) is 5.98. The van der Waals surface area contributed by atoms with Crippen molar-refractivity contribution in [3.63, 3.8) is 0 Å².